The number of amides is 1. The number of likely N-dealkylation sites (N-methyl/N-ethyl adjacent to an activating group) is 1. The van der Waals surface area contributed by atoms with Gasteiger partial charge in [-0.15, -0.1) is 0 Å². The largest absolute Gasteiger partial charge is 0.387 e. The standard InChI is InChI=1S/C15H30N2O3/c1-5-6-13-9-12(7-8-20-13)14(18)16-10-15(2,19)11-17(3)4/h12-13,19H,5-11H2,1-4H3,(H,16,18). The molecule has 5 heteroatoms. The van der Waals surface area contributed by atoms with Crippen molar-refractivity contribution in [3.63, 3.8) is 0 Å². The van der Waals surface area contributed by atoms with E-state index in [0.29, 0.717) is 19.7 Å². The molecular weight excluding hydrogens is 256 g/mol. The first-order valence-corrected chi connectivity index (χ1v) is 7.60. The third-order valence-corrected chi connectivity index (χ3v) is 3.65. The molecule has 2 N–H and O–H groups in total. The summed E-state index contributed by atoms with van der Waals surface area (Å²) in [6, 6.07) is 0. The first kappa shape index (κ1) is 17.4. The summed E-state index contributed by atoms with van der Waals surface area (Å²) < 4.78 is 5.66. The van der Waals surface area contributed by atoms with Gasteiger partial charge in [-0.3, -0.25) is 4.79 Å². The van der Waals surface area contributed by atoms with Crippen LogP contribution in [0, 0.1) is 5.92 Å². The number of nitrogens with zero attached hydrogens (tertiary/aromatic N) is 1. The highest BCUT2D eigenvalue weighted by Gasteiger charge is 2.29. The molecule has 1 saturated heterocycles. The van der Waals surface area contributed by atoms with Crippen molar-refractivity contribution in [1.29, 1.82) is 0 Å². The predicted molar refractivity (Wildman–Crippen MR) is 79.6 cm³/mol. The topological polar surface area (TPSA) is 61.8 Å². The van der Waals surface area contributed by atoms with Gasteiger partial charge >= 0.3 is 0 Å². The summed E-state index contributed by atoms with van der Waals surface area (Å²) >= 11 is 0. The summed E-state index contributed by atoms with van der Waals surface area (Å²) in [4.78, 5) is 14.1. The fraction of sp³-hybridized carbons (Fsp3) is 0.933. The first-order valence-electron chi connectivity index (χ1n) is 7.60. The summed E-state index contributed by atoms with van der Waals surface area (Å²) in [6.07, 6.45) is 3.89. The van der Waals surface area contributed by atoms with Gasteiger partial charge in [0.2, 0.25) is 5.91 Å². The Labute approximate surface area is 122 Å². The van der Waals surface area contributed by atoms with E-state index in [9.17, 15) is 9.90 Å². The Balaban J connectivity index is 2.38. The van der Waals surface area contributed by atoms with Crippen LogP contribution in [0.15, 0.2) is 0 Å². The lowest BCUT2D eigenvalue weighted by atomic mass is 9.92. The van der Waals surface area contributed by atoms with Gasteiger partial charge in [0.1, 0.15) is 0 Å². The molecule has 0 aromatic carbocycles. The fourth-order valence-corrected chi connectivity index (χ4v) is 2.80. The second kappa shape index (κ2) is 7.96. The van der Waals surface area contributed by atoms with Gasteiger partial charge < -0.3 is 20.1 Å². The van der Waals surface area contributed by atoms with Gasteiger partial charge in [-0.1, -0.05) is 13.3 Å². The Kier molecular flexibility index (Phi) is 6.92. The maximum atomic E-state index is 12.2. The van der Waals surface area contributed by atoms with E-state index in [4.69, 9.17) is 4.74 Å². The quantitative estimate of drug-likeness (QED) is 0.733. The molecule has 3 atom stereocenters. The van der Waals surface area contributed by atoms with Gasteiger partial charge in [0.25, 0.3) is 0 Å². The molecular formula is C15H30N2O3. The summed E-state index contributed by atoms with van der Waals surface area (Å²) in [5.41, 5.74) is -0.896. The molecule has 3 unspecified atom stereocenters. The fourth-order valence-electron chi connectivity index (χ4n) is 2.80. The van der Waals surface area contributed by atoms with E-state index < -0.39 is 5.60 Å². The van der Waals surface area contributed by atoms with Crippen molar-refractivity contribution in [1.82, 2.24) is 10.2 Å². The monoisotopic (exact) mass is 286 g/mol. The van der Waals surface area contributed by atoms with Crippen molar-refractivity contribution < 1.29 is 14.6 Å². The third kappa shape index (κ3) is 6.20. The summed E-state index contributed by atoms with van der Waals surface area (Å²) in [5, 5.41) is 13.1. The molecule has 1 aliphatic rings. The van der Waals surface area contributed by atoms with E-state index in [-0.39, 0.29) is 17.9 Å². The van der Waals surface area contributed by atoms with E-state index in [1.54, 1.807) is 6.92 Å². The number of ether oxygens (including phenoxy) is 1. The van der Waals surface area contributed by atoms with Crippen molar-refractivity contribution in [2.45, 2.75) is 51.2 Å². The average molecular weight is 286 g/mol. The molecule has 0 radical (unpaired) electrons. The van der Waals surface area contributed by atoms with Crippen LogP contribution in [-0.4, -0.2) is 61.4 Å². The minimum absolute atomic E-state index is 0.0236. The SMILES string of the molecule is CCCC1CC(C(=O)NCC(C)(O)CN(C)C)CCO1. The van der Waals surface area contributed by atoms with Crippen LogP contribution in [0.25, 0.3) is 0 Å². The molecule has 0 spiro atoms. The zero-order chi connectivity index (χ0) is 15.2. The number of hydrogen-bond acceptors (Lipinski definition) is 4. The maximum absolute atomic E-state index is 12.2. The molecule has 5 nitrogen and oxygen atoms in total. The number of hydrogen-bond donors (Lipinski definition) is 2. The van der Waals surface area contributed by atoms with Gasteiger partial charge in [0.05, 0.1) is 11.7 Å². The summed E-state index contributed by atoms with van der Waals surface area (Å²) in [6.45, 7) is 5.36. The highest BCUT2D eigenvalue weighted by Crippen LogP contribution is 2.23. The Hall–Kier alpha value is -0.650. The smallest absolute Gasteiger partial charge is 0.223 e. The van der Waals surface area contributed by atoms with Crippen molar-refractivity contribution in [3.8, 4) is 0 Å². The van der Waals surface area contributed by atoms with Crippen LogP contribution in [0.2, 0.25) is 0 Å². The first-order chi connectivity index (χ1) is 9.34. The molecule has 0 saturated carbocycles. The third-order valence-electron chi connectivity index (χ3n) is 3.65. The molecule has 1 amide bonds. The van der Waals surface area contributed by atoms with Crippen molar-refractivity contribution in [3.05, 3.63) is 0 Å². The van der Waals surface area contributed by atoms with Crippen LogP contribution in [0.5, 0.6) is 0 Å². The van der Waals surface area contributed by atoms with Crippen molar-refractivity contribution in [2.75, 3.05) is 33.8 Å². The van der Waals surface area contributed by atoms with Crippen LogP contribution in [-0.2, 0) is 9.53 Å². The van der Waals surface area contributed by atoms with Crippen molar-refractivity contribution in [2.24, 2.45) is 5.92 Å². The molecule has 118 valence electrons. The second-order valence-electron chi connectivity index (χ2n) is 6.46. The molecule has 0 bridgehead atoms. The molecule has 0 aliphatic carbocycles. The van der Waals surface area contributed by atoms with Crippen LogP contribution < -0.4 is 5.32 Å². The molecule has 0 aromatic rings. The average Bonchev–Trinajstić information content (AvgIpc) is 2.35. The van der Waals surface area contributed by atoms with Crippen LogP contribution in [0.1, 0.15) is 39.5 Å². The van der Waals surface area contributed by atoms with Gasteiger partial charge in [0, 0.05) is 25.6 Å². The minimum atomic E-state index is -0.896. The summed E-state index contributed by atoms with van der Waals surface area (Å²) in [7, 11) is 3.81. The van der Waals surface area contributed by atoms with Gasteiger partial charge in [0.15, 0.2) is 0 Å². The van der Waals surface area contributed by atoms with Crippen LogP contribution >= 0.6 is 0 Å². The van der Waals surface area contributed by atoms with E-state index >= 15 is 0 Å². The molecule has 1 aliphatic heterocycles. The molecule has 20 heavy (non-hydrogen) atoms. The van der Waals surface area contributed by atoms with Crippen molar-refractivity contribution >= 4 is 5.91 Å². The van der Waals surface area contributed by atoms with E-state index in [1.165, 1.54) is 0 Å². The Morgan fingerprint density at radius 1 is 1.50 bits per heavy atom. The minimum Gasteiger partial charge on any atom is -0.387 e. The van der Waals surface area contributed by atoms with Gasteiger partial charge in [-0.25, -0.2) is 0 Å². The predicted octanol–water partition coefficient (Wildman–Crippen LogP) is 1.01. The van der Waals surface area contributed by atoms with Gasteiger partial charge in [-0.2, -0.15) is 0 Å². The molecule has 1 rings (SSSR count). The van der Waals surface area contributed by atoms with Crippen LogP contribution in [0.4, 0.5) is 0 Å². The number of aliphatic hydroxyl groups is 1. The zero-order valence-corrected chi connectivity index (χ0v) is 13.3. The highest BCUT2D eigenvalue weighted by molar-refractivity contribution is 5.78. The lowest BCUT2D eigenvalue weighted by Crippen LogP contribution is -2.49. The Morgan fingerprint density at radius 2 is 2.20 bits per heavy atom. The number of nitrogens with one attached hydrogen (secondary N) is 1. The molecule has 0 aromatic heterocycles. The highest BCUT2D eigenvalue weighted by atomic mass is 16.5. The number of carbonyl (C=O) groups excluding carboxylic acids is 1. The van der Waals surface area contributed by atoms with Gasteiger partial charge in [-0.05, 0) is 40.3 Å². The number of carbonyl (C=O) groups is 1. The Morgan fingerprint density at radius 3 is 2.80 bits per heavy atom. The Bertz CT molecular complexity index is 303. The van der Waals surface area contributed by atoms with E-state index in [2.05, 4.69) is 12.2 Å². The van der Waals surface area contributed by atoms with Crippen LogP contribution in [0.3, 0.4) is 0 Å². The second-order valence-corrected chi connectivity index (χ2v) is 6.46. The normalized spacial score (nSPS) is 26.3. The van der Waals surface area contributed by atoms with E-state index in [0.717, 1.165) is 25.7 Å². The summed E-state index contributed by atoms with van der Waals surface area (Å²) in [5.74, 6) is 0.0730. The number of rotatable bonds is 7. The zero-order valence-electron chi connectivity index (χ0n) is 13.3. The molecule has 1 heterocycles. The molecule has 1 fully saturated rings. The lowest BCUT2D eigenvalue weighted by Gasteiger charge is -2.31. The maximum Gasteiger partial charge on any atom is 0.223 e. The van der Waals surface area contributed by atoms with E-state index in [1.807, 2.05) is 19.0 Å². The lowest BCUT2D eigenvalue weighted by molar-refractivity contribution is -0.131.